The topological polar surface area (TPSA) is 21.3 Å². The van der Waals surface area contributed by atoms with E-state index >= 15 is 0 Å². The molecule has 1 N–H and O–H groups in total. The van der Waals surface area contributed by atoms with Crippen LogP contribution in [-0.2, 0) is 4.74 Å². The van der Waals surface area contributed by atoms with Gasteiger partial charge in [-0.15, -0.1) is 0 Å². The fraction of sp³-hybridized carbons (Fsp3) is 0.571. The molecule has 0 saturated heterocycles. The third-order valence-corrected chi connectivity index (χ3v) is 2.85. The molecule has 0 bridgehead atoms. The van der Waals surface area contributed by atoms with E-state index in [1.807, 2.05) is 20.8 Å². The van der Waals surface area contributed by atoms with E-state index in [0.29, 0.717) is 24.3 Å². The maximum atomic E-state index is 13.7. The van der Waals surface area contributed by atoms with Gasteiger partial charge in [-0.3, -0.25) is 0 Å². The summed E-state index contributed by atoms with van der Waals surface area (Å²) in [5, 5.41) is 3.19. The summed E-state index contributed by atoms with van der Waals surface area (Å²) < 4.78 is 32.5. The maximum absolute atomic E-state index is 13.7. The monoisotopic (exact) mass is 257 g/mol. The molecular weight excluding hydrogens is 236 g/mol. The van der Waals surface area contributed by atoms with Crippen molar-refractivity contribution in [1.29, 1.82) is 0 Å². The molecule has 0 saturated carbocycles. The van der Waals surface area contributed by atoms with Gasteiger partial charge >= 0.3 is 0 Å². The first kappa shape index (κ1) is 15.1. The van der Waals surface area contributed by atoms with Crippen LogP contribution < -0.4 is 5.32 Å². The van der Waals surface area contributed by atoms with Gasteiger partial charge in [0.2, 0.25) is 0 Å². The van der Waals surface area contributed by atoms with Crippen molar-refractivity contribution in [2.75, 3.05) is 13.2 Å². The Bertz CT molecular complexity index is 396. The molecule has 1 rings (SSSR count). The van der Waals surface area contributed by atoms with Crippen molar-refractivity contribution in [3.05, 3.63) is 34.9 Å². The number of aryl methyl sites for hydroxylation is 1. The third kappa shape index (κ3) is 4.03. The van der Waals surface area contributed by atoms with E-state index in [1.165, 1.54) is 12.1 Å². The Morgan fingerprint density at radius 2 is 1.89 bits per heavy atom. The van der Waals surface area contributed by atoms with Crippen molar-refractivity contribution >= 4 is 0 Å². The zero-order valence-electron chi connectivity index (χ0n) is 11.4. The molecule has 102 valence electrons. The lowest BCUT2D eigenvalue weighted by atomic mass is 10.0. The van der Waals surface area contributed by atoms with Crippen LogP contribution in [0.2, 0.25) is 0 Å². The summed E-state index contributed by atoms with van der Waals surface area (Å²) in [6, 6.07) is 2.32. The quantitative estimate of drug-likeness (QED) is 0.844. The van der Waals surface area contributed by atoms with E-state index in [4.69, 9.17) is 4.74 Å². The summed E-state index contributed by atoms with van der Waals surface area (Å²) >= 11 is 0. The lowest BCUT2D eigenvalue weighted by Gasteiger charge is -2.21. The second-order valence-corrected chi connectivity index (χ2v) is 4.57. The highest BCUT2D eigenvalue weighted by Gasteiger charge is 2.15. The van der Waals surface area contributed by atoms with E-state index in [1.54, 1.807) is 6.92 Å². The molecule has 0 aliphatic heterocycles. The van der Waals surface area contributed by atoms with Crippen LogP contribution >= 0.6 is 0 Å². The maximum Gasteiger partial charge on any atom is 0.128 e. The molecule has 0 aliphatic rings. The zero-order valence-corrected chi connectivity index (χ0v) is 11.4. The lowest BCUT2D eigenvalue weighted by molar-refractivity contribution is 0.124. The largest absolute Gasteiger partial charge is 0.380 e. The molecule has 2 atom stereocenters. The van der Waals surface area contributed by atoms with Crippen LogP contribution in [0.25, 0.3) is 0 Å². The minimum atomic E-state index is -0.377. The standard InChI is InChI=1S/C14H21F2NO/c1-5-18-8-10(3)17-11(4)12-7-13(15)9(2)6-14(12)16/h6-7,10-11,17H,5,8H2,1-4H3. The smallest absolute Gasteiger partial charge is 0.128 e. The van der Waals surface area contributed by atoms with Gasteiger partial charge in [0, 0.05) is 24.3 Å². The molecule has 1 aromatic rings. The van der Waals surface area contributed by atoms with Crippen LogP contribution in [0, 0.1) is 18.6 Å². The van der Waals surface area contributed by atoms with E-state index in [9.17, 15) is 8.78 Å². The van der Waals surface area contributed by atoms with Crippen LogP contribution in [-0.4, -0.2) is 19.3 Å². The van der Waals surface area contributed by atoms with E-state index in [2.05, 4.69) is 5.32 Å². The van der Waals surface area contributed by atoms with Gasteiger partial charge in [-0.2, -0.15) is 0 Å². The highest BCUT2D eigenvalue weighted by atomic mass is 19.1. The number of hydrogen-bond acceptors (Lipinski definition) is 2. The second kappa shape index (κ2) is 6.81. The second-order valence-electron chi connectivity index (χ2n) is 4.57. The van der Waals surface area contributed by atoms with Crippen molar-refractivity contribution in [1.82, 2.24) is 5.32 Å². The molecule has 18 heavy (non-hydrogen) atoms. The number of nitrogens with one attached hydrogen (secondary N) is 1. The van der Waals surface area contributed by atoms with E-state index in [0.717, 1.165) is 0 Å². The normalized spacial score (nSPS) is 14.6. The average molecular weight is 257 g/mol. The van der Waals surface area contributed by atoms with Crippen molar-refractivity contribution in [2.45, 2.75) is 39.8 Å². The van der Waals surface area contributed by atoms with Gasteiger partial charge in [0.1, 0.15) is 11.6 Å². The minimum absolute atomic E-state index is 0.0868. The number of halogens is 2. The van der Waals surface area contributed by atoms with Crippen molar-refractivity contribution in [2.24, 2.45) is 0 Å². The van der Waals surface area contributed by atoms with Crippen LogP contribution in [0.5, 0.6) is 0 Å². The Balaban J connectivity index is 2.72. The summed E-state index contributed by atoms with van der Waals surface area (Å²) in [7, 11) is 0. The zero-order chi connectivity index (χ0) is 13.7. The highest BCUT2D eigenvalue weighted by molar-refractivity contribution is 5.27. The Hall–Kier alpha value is -1.00. The summed E-state index contributed by atoms with van der Waals surface area (Å²) in [6.07, 6.45) is 0. The first-order chi connectivity index (χ1) is 8.45. The fourth-order valence-electron chi connectivity index (χ4n) is 1.85. The summed E-state index contributed by atoms with van der Waals surface area (Å²) in [5.41, 5.74) is 0.673. The van der Waals surface area contributed by atoms with Crippen LogP contribution in [0.15, 0.2) is 12.1 Å². The molecule has 0 fully saturated rings. The summed E-state index contributed by atoms with van der Waals surface area (Å²) in [4.78, 5) is 0. The number of hydrogen-bond donors (Lipinski definition) is 1. The fourth-order valence-corrected chi connectivity index (χ4v) is 1.85. The van der Waals surface area contributed by atoms with Crippen LogP contribution in [0.3, 0.4) is 0 Å². The highest BCUT2D eigenvalue weighted by Crippen LogP contribution is 2.20. The minimum Gasteiger partial charge on any atom is -0.380 e. The Morgan fingerprint density at radius 3 is 2.50 bits per heavy atom. The molecule has 0 amide bonds. The predicted molar refractivity (Wildman–Crippen MR) is 68.6 cm³/mol. The number of rotatable bonds is 6. The van der Waals surface area contributed by atoms with Gasteiger partial charge < -0.3 is 10.1 Å². The van der Waals surface area contributed by atoms with Crippen LogP contribution in [0.4, 0.5) is 8.78 Å². The first-order valence-corrected chi connectivity index (χ1v) is 6.25. The SMILES string of the molecule is CCOCC(C)NC(C)c1cc(F)c(C)cc1F. The Morgan fingerprint density at radius 1 is 1.22 bits per heavy atom. The van der Waals surface area contributed by atoms with Crippen LogP contribution in [0.1, 0.15) is 37.9 Å². The Labute approximate surface area is 107 Å². The van der Waals surface area contributed by atoms with Gasteiger partial charge in [-0.1, -0.05) is 0 Å². The van der Waals surface area contributed by atoms with E-state index in [-0.39, 0.29) is 23.7 Å². The molecular formula is C14H21F2NO. The van der Waals surface area contributed by atoms with Gasteiger partial charge in [-0.25, -0.2) is 8.78 Å². The lowest BCUT2D eigenvalue weighted by Crippen LogP contribution is -2.33. The average Bonchev–Trinajstić information content (AvgIpc) is 2.31. The molecule has 1 aromatic carbocycles. The molecule has 0 aromatic heterocycles. The van der Waals surface area contributed by atoms with Gasteiger partial charge in [0.15, 0.2) is 0 Å². The first-order valence-electron chi connectivity index (χ1n) is 6.25. The molecule has 0 radical (unpaired) electrons. The van der Waals surface area contributed by atoms with Gasteiger partial charge in [0.05, 0.1) is 6.61 Å². The molecule has 0 heterocycles. The van der Waals surface area contributed by atoms with Crippen molar-refractivity contribution in [3.63, 3.8) is 0 Å². The van der Waals surface area contributed by atoms with Crippen molar-refractivity contribution < 1.29 is 13.5 Å². The summed E-state index contributed by atoms with van der Waals surface area (Å²) in [6.45, 7) is 8.44. The van der Waals surface area contributed by atoms with Gasteiger partial charge in [0.25, 0.3) is 0 Å². The molecule has 2 unspecified atom stereocenters. The molecule has 2 nitrogen and oxygen atoms in total. The Kier molecular flexibility index (Phi) is 5.69. The third-order valence-electron chi connectivity index (χ3n) is 2.85. The predicted octanol–water partition coefficient (Wildman–Crippen LogP) is 3.35. The molecule has 0 aliphatic carbocycles. The molecule has 0 spiro atoms. The van der Waals surface area contributed by atoms with Gasteiger partial charge in [-0.05, 0) is 45.4 Å². The van der Waals surface area contributed by atoms with E-state index < -0.39 is 0 Å². The molecule has 4 heteroatoms. The number of ether oxygens (including phenoxy) is 1. The summed E-state index contributed by atoms with van der Waals surface area (Å²) in [5.74, 6) is -0.755. The number of benzene rings is 1. The van der Waals surface area contributed by atoms with Crippen molar-refractivity contribution in [3.8, 4) is 0 Å².